The van der Waals surface area contributed by atoms with Crippen molar-refractivity contribution in [2.24, 2.45) is 0 Å². The molecule has 0 spiro atoms. The molecule has 1 rings (SSSR count). The first kappa shape index (κ1) is 11.5. The number of halogens is 3. The SMILES string of the molecule is N#Cc1c(Br)cc([N+](=O)[O-])nc1C(F)F. The maximum absolute atomic E-state index is 12.4. The minimum atomic E-state index is -3.03. The van der Waals surface area contributed by atoms with Crippen molar-refractivity contribution >= 4 is 21.7 Å². The van der Waals surface area contributed by atoms with Crippen LogP contribution in [0.1, 0.15) is 17.7 Å². The molecule has 0 aromatic carbocycles. The van der Waals surface area contributed by atoms with Gasteiger partial charge >= 0.3 is 12.2 Å². The van der Waals surface area contributed by atoms with Gasteiger partial charge in [-0.2, -0.15) is 5.26 Å². The summed E-state index contributed by atoms with van der Waals surface area (Å²) in [7, 11) is 0. The second-order valence-electron chi connectivity index (χ2n) is 2.39. The predicted octanol–water partition coefficient (Wildman–Crippen LogP) is 2.56. The summed E-state index contributed by atoms with van der Waals surface area (Å²) in [5.41, 5.74) is -1.28. The highest BCUT2D eigenvalue weighted by Gasteiger charge is 2.26. The van der Waals surface area contributed by atoms with Gasteiger partial charge in [0.1, 0.15) is 11.6 Å². The normalized spacial score (nSPS) is 10.1. The Labute approximate surface area is 90.6 Å². The van der Waals surface area contributed by atoms with Crippen LogP contribution in [0, 0.1) is 21.4 Å². The van der Waals surface area contributed by atoms with Crippen molar-refractivity contribution in [3.8, 4) is 6.07 Å². The van der Waals surface area contributed by atoms with Crippen molar-refractivity contribution in [3.63, 3.8) is 0 Å². The molecule has 78 valence electrons. The summed E-state index contributed by atoms with van der Waals surface area (Å²) in [6, 6.07) is 2.41. The van der Waals surface area contributed by atoms with Gasteiger partial charge in [-0.25, -0.2) is 8.78 Å². The van der Waals surface area contributed by atoms with Crippen LogP contribution in [-0.2, 0) is 0 Å². The van der Waals surface area contributed by atoms with Crippen molar-refractivity contribution in [1.29, 1.82) is 5.26 Å². The number of rotatable bonds is 2. The average Bonchev–Trinajstić information content (AvgIpc) is 2.16. The minimum Gasteiger partial charge on any atom is -0.358 e. The lowest BCUT2D eigenvalue weighted by Gasteiger charge is -2.00. The van der Waals surface area contributed by atoms with Gasteiger partial charge < -0.3 is 10.1 Å². The van der Waals surface area contributed by atoms with E-state index in [1.807, 2.05) is 0 Å². The van der Waals surface area contributed by atoms with Gasteiger partial charge in [-0.15, -0.1) is 0 Å². The van der Waals surface area contributed by atoms with E-state index in [-0.39, 0.29) is 4.47 Å². The summed E-state index contributed by atoms with van der Waals surface area (Å²) in [4.78, 5) is 12.5. The lowest BCUT2D eigenvalue weighted by Crippen LogP contribution is -2.01. The number of alkyl halides is 2. The number of pyridine rings is 1. The number of aromatic nitrogens is 1. The molecular weight excluding hydrogens is 276 g/mol. The third kappa shape index (κ3) is 2.24. The number of nitrogens with zero attached hydrogens (tertiary/aromatic N) is 3. The van der Waals surface area contributed by atoms with Gasteiger partial charge in [0.25, 0.3) is 0 Å². The van der Waals surface area contributed by atoms with E-state index in [1.54, 1.807) is 0 Å². The summed E-state index contributed by atoms with van der Waals surface area (Å²) in [5, 5.41) is 18.9. The summed E-state index contributed by atoms with van der Waals surface area (Å²) in [5.74, 6) is -0.726. The average molecular weight is 278 g/mol. The van der Waals surface area contributed by atoms with E-state index in [1.165, 1.54) is 6.07 Å². The van der Waals surface area contributed by atoms with Crippen molar-refractivity contribution in [3.05, 3.63) is 31.9 Å². The van der Waals surface area contributed by atoms with Gasteiger partial charge in [-0.05, 0) is 25.8 Å². The Morgan fingerprint density at radius 1 is 1.67 bits per heavy atom. The highest BCUT2D eigenvalue weighted by molar-refractivity contribution is 9.10. The zero-order valence-corrected chi connectivity index (χ0v) is 8.53. The second-order valence-corrected chi connectivity index (χ2v) is 3.25. The molecule has 0 amide bonds. The molecule has 0 aliphatic carbocycles. The van der Waals surface area contributed by atoms with Crippen molar-refractivity contribution < 1.29 is 13.7 Å². The molecule has 0 unspecified atom stereocenters. The Kier molecular flexibility index (Phi) is 3.26. The first-order chi connectivity index (χ1) is 6.97. The standard InChI is InChI=1S/C7H2BrF2N3O2/c8-4-1-5(13(14)15)12-6(7(9)10)3(4)2-11/h1,7H. The fourth-order valence-electron chi connectivity index (χ4n) is 0.882. The van der Waals surface area contributed by atoms with Gasteiger partial charge in [0, 0.05) is 4.47 Å². The van der Waals surface area contributed by atoms with Crippen LogP contribution in [0.2, 0.25) is 0 Å². The summed E-state index contributed by atoms with van der Waals surface area (Å²) < 4.78 is 24.7. The van der Waals surface area contributed by atoms with E-state index >= 15 is 0 Å². The molecule has 0 aliphatic heterocycles. The highest BCUT2D eigenvalue weighted by Crippen LogP contribution is 2.29. The molecule has 0 bridgehead atoms. The molecule has 0 atom stereocenters. The number of hydrogen-bond acceptors (Lipinski definition) is 4. The minimum absolute atomic E-state index is 0.0676. The fourth-order valence-corrected chi connectivity index (χ4v) is 1.38. The molecule has 5 nitrogen and oxygen atoms in total. The smallest absolute Gasteiger partial charge is 0.358 e. The van der Waals surface area contributed by atoms with E-state index in [0.717, 1.165) is 6.07 Å². The van der Waals surface area contributed by atoms with Gasteiger partial charge in [0.15, 0.2) is 0 Å². The predicted molar refractivity (Wildman–Crippen MR) is 48.3 cm³/mol. The number of nitriles is 1. The molecule has 1 aromatic rings. The van der Waals surface area contributed by atoms with Crippen LogP contribution in [0.25, 0.3) is 0 Å². The number of nitro groups is 1. The topological polar surface area (TPSA) is 79.8 Å². The van der Waals surface area contributed by atoms with Crippen molar-refractivity contribution in [2.75, 3.05) is 0 Å². The van der Waals surface area contributed by atoms with E-state index in [2.05, 4.69) is 20.9 Å². The Balaban J connectivity index is 3.47. The van der Waals surface area contributed by atoms with E-state index in [0.29, 0.717) is 0 Å². The molecule has 0 aliphatic rings. The fraction of sp³-hybridized carbons (Fsp3) is 0.143. The molecule has 15 heavy (non-hydrogen) atoms. The van der Waals surface area contributed by atoms with Crippen LogP contribution in [0.5, 0.6) is 0 Å². The lowest BCUT2D eigenvalue weighted by molar-refractivity contribution is -0.389. The zero-order valence-electron chi connectivity index (χ0n) is 6.95. The quantitative estimate of drug-likeness (QED) is 0.615. The van der Waals surface area contributed by atoms with Crippen LogP contribution in [-0.4, -0.2) is 9.91 Å². The largest absolute Gasteiger partial charge is 0.365 e. The molecule has 0 saturated carbocycles. The first-order valence-electron chi connectivity index (χ1n) is 3.50. The van der Waals surface area contributed by atoms with E-state index < -0.39 is 28.4 Å². The zero-order chi connectivity index (χ0) is 11.6. The first-order valence-corrected chi connectivity index (χ1v) is 4.29. The maximum Gasteiger partial charge on any atom is 0.365 e. The highest BCUT2D eigenvalue weighted by atomic mass is 79.9. The van der Waals surface area contributed by atoms with Crippen LogP contribution < -0.4 is 0 Å². The molecule has 1 heterocycles. The third-order valence-electron chi connectivity index (χ3n) is 1.49. The maximum atomic E-state index is 12.4. The third-order valence-corrected chi connectivity index (χ3v) is 2.12. The molecule has 0 saturated heterocycles. The monoisotopic (exact) mass is 277 g/mol. The van der Waals surface area contributed by atoms with Crippen LogP contribution in [0.3, 0.4) is 0 Å². The molecule has 0 fully saturated rings. The van der Waals surface area contributed by atoms with Gasteiger partial charge in [0.05, 0.1) is 6.07 Å². The van der Waals surface area contributed by atoms with Crippen molar-refractivity contribution in [1.82, 2.24) is 4.98 Å². The second kappa shape index (κ2) is 4.27. The Morgan fingerprint density at radius 2 is 2.27 bits per heavy atom. The summed E-state index contributed by atoms with van der Waals surface area (Å²) >= 11 is 2.79. The Bertz CT molecular complexity index is 458. The van der Waals surface area contributed by atoms with Gasteiger partial charge in [0.2, 0.25) is 5.69 Å². The van der Waals surface area contributed by atoms with Crippen LogP contribution in [0.15, 0.2) is 10.5 Å². The molecule has 8 heteroatoms. The summed E-state index contributed by atoms with van der Waals surface area (Å²) in [6.45, 7) is 0. The molecule has 1 aromatic heterocycles. The summed E-state index contributed by atoms with van der Waals surface area (Å²) in [6.07, 6.45) is -3.03. The Hall–Kier alpha value is -1.62. The van der Waals surface area contributed by atoms with Gasteiger partial charge in [-0.3, -0.25) is 0 Å². The van der Waals surface area contributed by atoms with E-state index in [4.69, 9.17) is 5.26 Å². The van der Waals surface area contributed by atoms with Crippen LogP contribution >= 0.6 is 15.9 Å². The molecular formula is C7H2BrF2N3O2. The van der Waals surface area contributed by atoms with Crippen LogP contribution in [0.4, 0.5) is 14.6 Å². The number of hydrogen-bond donors (Lipinski definition) is 0. The van der Waals surface area contributed by atoms with E-state index in [9.17, 15) is 18.9 Å². The van der Waals surface area contributed by atoms with Crippen molar-refractivity contribution in [2.45, 2.75) is 6.43 Å². The molecule has 0 N–H and O–H groups in total. The Morgan fingerprint density at radius 3 is 2.67 bits per heavy atom. The lowest BCUT2D eigenvalue weighted by atomic mass is 10.2. The van der Waals surface area contributed by atoms with Gasteiger partial charge in [-0.1, -0.05) is 0 Å². The molecule has 0 radical (unpaired) electrons.